The van der Waals surface area contributed by atoms with Crippen molar-refractivity contribution in [3.63, 3.8) is 0 Å². The monoisotopic (exact) mass is 262 g/mol. The van der Waals surface area contributed by atoms with Crippen molar-refractivity contribution < 1.29 is 4.74 Å². The van der Waals surface area contributed by atoms with Gasteiger partial charge in [-0.25, -0.2) is 0 Å². The number of nitrogens with one attached hydrogen (secondary N) is 2. The van der Waals surface area contributed by atoms with Crippen molar-refractivity contribution in [3.8, 4) is 0 Å². The van der Waals surface area contributed by atoms with E-state index in [9.17, 15) is 0 Å². The molecule has 19 heavy (non-hydrogen) atoms. The maximum absolute atomic E-state index is 5.17. The van der Waals surface area contributed by atoms with Gasteiger partial charge in [0.1, 0.15) is 0 Å². The molecule has 1 heterocycles. The van der Waals surface area contributed by atoms with Crippen LogP contribution in [-0.2, 0) is 4.74 Å². The molecule has 0 amide bonds. The van der Waals surface area contributed by atoms with Crippen molar-refractivity contribution in [1.29, 1.82) is 0 Å². The molecule has 1 atom stereocenters. The van der Waals surface area contributed by atoms with Gasteiger partial charge in [0.15, 0.2) is 0 Å². The molecule has 2 rings (SSSR count). The first kappa shape index (κ1) is 14.4. The molecule has 0 bridgehead atoms. The second kappa shape index (κ2) is 6.40. The van der Waals surface area contributed by atoms with Gasteiger partial charge in [0.2, 0.25) is 0 Å². The maximum Gasteiger partial charge on any atom is 0.0467 e. The van der Waals surface area contributed by atoms with E-state index in [-0.39, 0.29) is 0 Å². The Morgan fingerprint density at radius 3 is 2.95 bits per heavy atom. The van der Waals surface area contributed by atoms with Crippen LogP contribution >= 0.6 is 0 Å². The number of ether oxygens (including phenoxy) is 1. The molecule has 0 fully saturated rings. The van der Waals surface area contributed by atoms with Crippen molar-refractivity contribution in [2.45, 2.75) is 26.2 Å². The molecular formula is C16H26N2O. The Labute approximate surface area is 116 Å². The predicted octanol–water partition coefficient (Wildman–Crippen LogP) is 2.85. The van der Waals surface area contributed by atoms with Crippen LogP contribution in [0.4, 0.5) is 5.69 Å². The molecule has 3 nitrogen and oxygen atoms in total. The highest BCUT2D eigenvalue weighted by atomic mass is 16.5. The van der Waals surface area contributed by atoms with Crippen LogP contribution in [0.3, 0.4) is 0 Å². The summed E-state index contributed by atoms with van der Waals surface area (Å²) in [6.45, 7) is 8.54. The van der Waals surface area contributed by atoms with E-state index in [4.69, 9.17) is 4.74 Å². The quantitative estimate of drug-likeness (QED) is 0.793. The fourth-order valence-electron chi connectivity index (χ4n) is 2.59. The van der Waals surface area contributed by atoms with E-state index in [1.807, 2.05) is 0 Å². The van der Waals surface area contributed by atoms with Gasteiger partial charge in [0.05, 0.1) is 0 Å². The van der Waals surface area contributed by atoms with Crippen molar-refractivity contribution in [3.05, 3.63) is 29.8 Å². The third kappa shape index (κ3) is 3.95. The number of hydrogen-bond acceptors (Lipinski definition) is 3. The summed E-state index contributed by atoms with van der Waals surface area (Å²) < 4.78 is 5.17. The molecule has 0 radical (unpaired) electrons. The van der Waals surface area contributed by atoms with E-state index >= 15 is 0 Å². The number of para-hydroxylation sites is 1. The lowest BCUT2D eigenvalue weighted by Crippen LogP contribution is -2.33. The minimum Gasteiger partial charge on any atom is -0.385 e. The van der Waals surface area contributed by atoms with E-state index in [0.717, 1.165) is 32.7 Å². The minimum absolute atomic E-state index is 0.293. The van der Waals surface area contributed by atoms with Crippen LogP contribution in [0.2, 0.25) is 0 Å². The summed E-state index contributed by atoms with van der Waals surface area (Å²) in [5.74, 6) is 0.592. The van der Waals surface area contributed by atoms with Crippen molar-refractivity contribution >= 4 is 5.69 Å². The van der Waals surface area contributed by atoms with E-state index in [2.05, 4.69) is 48.7 Å². The van der Waals surface area contributed by atoms with Crippen molar-refractivity contribution in [2.75, 3.05) is 38.7 Å². The summed E-state index contributed by atoms with van der Waals surface area (Å²) in [6.07, 6.45) is 1.09. The van der Waals surface area contributed by atoms with Crippen molar-refractivity contribution in [2.24, 2.45) is 5.41 Å². The van der Waals surface area contributed by atoms with Crippen LogP contribution in [0, 0.1) is 5.41 Å². The second-order valence-corrected chi connectivity index (χ2v) is 6.20. The molecule has 1 aliphatic rings. The molecular weight excluding hydrogens is 236 g/mol. The molecule has 1 aliphatic heterocycles. The summed E-state index contributed by atoms with van der Waals surface area (Å²) in [6, 6.07) is 8.62. The number of rotatable bonds is 7. The van der Waals surface area contributed by atoms with Crippen molar-refractivity contribution in [1.82, 2.24) is 5.32 Å². The summed E-state index contributed by atoms with van der Waals surface area (Å²) >= 11 is 0. The highest BCUT2D eigenvalue weighted by Crippen LogP contribution is 2.30. The fraction of sp³-hybridized carbons (Fsp3) is 0.625. The van der Waals surface area contributed by atoms with Gasteiger partial charge in [-0.05, 0) is 23.5 Å². The molecule has 2 N–H and O–H groups in total. The van der Waals surface area contributed by atoms with Crippen LogP contribution in [0.1, 0.15) is 31.7 Å². The first-order chi connectivity index (χ1) is 9.12. The first-order valence-electron chi connectivity index (χ1n) is 7.15. The largest absolute Gasteiger partial charge is 0.385 e. The van der Waals surface area contributed by atoms with Gasteiger partial charge in [0.25, 0.3) is 0 Å². The van der Waals surface area contributed by atoms with Crippen LogP contribution in [0.5, 0.6) is 0 Å². The lowest BCUT2D eigenvalue weighted by atomic mass is 9.89. The summed E-state index contributed by atoms with van der Waals surface area (Å²) in [7, 11) is 1.77. The number of methoxy groups -OCH3 is 1. The molecule has 0 saturated carbocycles. The summed E-state index contributed by atoms with van der Waals surface area (Å²) in [4.78, 5) is 0. The van der Waals surface area contributed by atoms with Gasteiger partial charge >= 0.3 is 0 Å². The topological polar surface area (TPSA) is 33.3 Å². The molecule has 1 aromatic carbocycles. The fourth-order valence-corrected chi connectivity index (χ4v) is 2.59. The normalized spacial score (nSPS) is 18.2. The second-order valence-electron chi connectivity index (χ2n) is 6.20. The Bertz CT molecular complexity index is 403. The van der Waals surface area contributed by atoms with E-state index in [0.29, 0.717) is 11.3 Å². The zero-order valence-electron chi connectivity index (χ0n) is 12.3. The Morgan fingerprint density at radius 1 is 1.37 bits per heavy atom. The average Bonchev–Trinajstić information content (AvgIpc) is 2.80. The summed E-state index contributed by atoms with van der Waals surface area (Å²) in [5, 5.41) is 7.09. The summed E-state index contributed by atoms with van der Waals surface area (Å²) in [5.41, 5.74) is 3.04. The highest BCUT2D eigenvalue weighted by Gasteiger charge is 2.22. The van der Waals surface area contributed by atoms with E-state index in [1.165, 1.54) is 11.3 Å². The highest BCUT2D eigenvalue weighted by molar-refractivity contribution is 5.57. The van der Waals surface area contributed by atoms with E-state index < -0.39 is 0 Å². The third-order valence-corrected chi connectivity index (χ3v) is 3.92. The maximum atomic E-state index is 5.17. The average molecular weight is 262 g/mol. The van der Waals surface area contributed by atoms with Crippen LogP contribution in [0.15, 0.2) is 24.3 Å². The van der Waals surface area contributed by atoms with Gasteiger partial charge in [-0.1, -0.05) is 32.0 Å². The van der Waals surface area contributed by atoms with Gasteiger partial charge in [-0.15, -0.1) is 0 Å². The molecule has 0 aromatic heterocycles. The standard InChI is InChI=1S/C16H26N2O/c1-16(2,8-9-19-3)12-17-10-13-11-18-15-7-5-4-6-14(13)15/h4-7,13,17-18H,8-12H2,1-3H3. The third-order valence-electron chi connectivity index (χ3n) is 3.92. The Balaban J connectivity index is 1.78. The zero-order valence-corrected chi connectivity index (χ0v) is 12.3. The smallest absolute Gasteiger partial charge is 0.0467 e. The van der Waals surface area contributed by atoms with Gasteiger partial charge in [0, 0.05) is 45.0 Å². The Hall–Kier alpha value is -1.06. The molecule has 106 valence electrons. The molecule has 0 spiro atoms. The first-order valence-corrected chi connectivity index (χ1v) is 7.15. The molecule has 0 aliphatic carbocycles. The van der Waals surface area contributed by atoms with Crippen LogP contribution in [0.25, 0.3) is 0 Å². The van der Waals surface area contributed by atoms with Gasteiger partial charge in [-0.2, -0.15) is 0 Å². The number of hydrogen-bond donors (Lipinski definition) is 2. The lowest BCUT2D eigenvalue weighted by molar-refractivity contribution is 0.150. The number of anilines is 1. The van der Waals surface area contributed by atoms with Crippen LogP contribution in [-0.4, -0.2) is 33.4 Å². The van der Waals surface area contributed by atoms with E-state index in [1.54, 1.807) is 7.11 Å². The Morgan fingerprint density at radius 2 is 2.16 bits per heavy atom. The Kier molecular flexibility index (Phi) is 4.83. The number of fused-ring (bicyclic) bond motifs is 1. The number of benzene rings is 1. The lowest BCUT2D eigenvalue weighted by Gasteiger charge is -2.25. The minimum atomic E-state index is 0.293. The predicted molar refractivity (Wildman–Crippen MR) is 80.8 cm³/mol. The molecule has 1 unspecified atom stereocenters. The SMILES string of the molecule is COCCC(C)(C)CNCC1CNc2ccccc21. The van der Waals surface area contributed by atoms with Crippen LogP contribution < -0.4 is 10.6 Å². The molecule has 1 aromatic rings. The van der Waals surface area contributed by atoms with Gasteiger partial charge in [-0.3, -0.25) is 0 Å². The molecule has 3 heteroatoms. The molecule has 0 saturated heterocycles. The van der Waals surface area contributed by atoms with Gasteiger partial charge < -0.3 is 15.4 Å². The zero-order chi connectivity index (χ0) is 13.7.